The normalized spacial score (nSPS) is 21.2. The highest BCUT2D eigenvalue weighted by molar-refractivity contribution is 6.26. The van der Waals surface area contributed by atoms with Crippen LogP contribution in [0, 0.1) is 5.41 Å². The molecule has 1 aliphatic rings. The van der Waals surface area contributed by atoms with Crippen molar-refractivity contribution in [3.05, 3.63) is 71.8 Å². The van der Waals surface area contributed by atoms with Crippen LogP contribution >= 0.6 is 0 Å². The summed E-state index contributed by atoms with van der Waals surface area (Å²) in [6.07, 6.45) is 0. The van der Waals surface area contributed by atoms with Gasteiger partial charge in [-0.05, 0) is 55.4 Å². The predicted molar refractivity (Wildman–Crippen MR) is 149 cm³/mol. The van der Waals surface area contributed by atoms with Crippen molar-refractivity contribution >= 4 is 23.2 Å². The van der Waals surface area contributed by atoms with Crippen molar-refractivity contribution in [2.24, 2.45) is 4.99 Å². The molecule has 0 unspecified atom stereocenters. The Bertz CT molecular complexity index is 1180. The number of hydrogen-bond acceptors (Lipinski definition) is 6. The van der Waals surface area contributed by atoms with Crippen molar-refractivity contribution in [1.82, 2.24) is 9.80 Å². The largest absolute Gasteiger partial charge is 0.353 e. The summed E-state index contributed by atoms with van der Waals surface area (Å²) in [5.74, 6) is -3.96. The highest BCUT2D eigenvalue weighted by Gasteiger charge is 2.64. The maximum absolute atomic E-state index is 14.4. The van der Waals surface area contributed by atoms with Gasteiger partial charge in [0.15, 0.2) is 0 Å². The van der Waals surface area contributed by atoms with E-state index >= 15 is 0 Å². The van der Waals surface area contributed by atoms with Crippen molar-refractivity contribution in [2.45, 2.75) is 91.1 Å². The van der Waals surface area contributed by atoms with Gasteiger partial charge in [-0.25, -0.2) is 4.99 Å². The standard InChI is InChI=1S/C30H40N4O4/c1-19(2)33(20(3)4)27(35)29(25(31)23-15-11-9-12-16-23)32-26(24-17-13-10-14-18-24)30(37,38-29)28(36)34(21(5)6)22(7)8/h9-22,31,37H,1-8H3/t29-,30-/m1/s1. The Labute approximate surface area is 225 Å². The van der Waals surface area contributed by atoms with E-state index in [1.54, 1.807) is 65.6 Å². The second-order valence-corrected chi connectivity index (χ2v) is 10.8. The van der Waals surface area contributed by atoms with Crippen LogP contribution in [0.4, 0.5) is 0 Å². The van der Waals surface area contributed by atoms with Crippen LogP contribution in [-0.2, 0) is 14.3 Å². The average molecular weight is 521 g/mol. The molecule has 0 bridgehead atoms. The van der Waals surface area contributed by atoms with Crippen LogP contribution < -0.4 is 0 Å². The summed E-state index contributed by atoms with van der Waals surface area (Å²) < 4.78 is 6.25. The minimum atomic E-state index is -2.60. The van der Waals surface area contributed by atoms with Crippen molar-refractivity contribution in [2.75, 3.05) is 0 Å². The van der Waals surface area contributed by atoms with Crippen molar-refractivity contribution in [1.29, 1.82) is 5.41 Å². The number of aliphatic hydroxyl groups is 1. The second-order valence-electron chi connectivity index (χ2n) is 10.8. The second kappa shape index (κ2) is 11.2. The van der Waals surface area contributed by atoms with Crippen LogP contribution in [0.15, 0.2) is 65.7 Å². The number of aliphatic imine (C=N–C) groups is 1. The van der Waals surface area contributed by atoms with Gasteiger partial charge in [-0.2, -0.15) is 0 Å². The van der Waals surface area contributed by atoms with Crippen LogP contribution in [0.25, 0.3) is 0 Å². The van der Waals surface area contributed by atoms with Gasteiger partial charge in [-0.15, -0.1) is 0 Å². The number of rotatable bonds is 9. The van der Waals surface area contributed by atoms with Gasteiger partial charge in [0.05, 0.1) is 0 Å². The summed E-state index contributed by atoms with van der Waals surface area (Å²) in [6, 6.07) is 16.3. The van der Waals surface area contributed by atoms with E-state index < -0.39 is 23.3 Å². The minimum Gasteiger partial charge on any atom is -0.353 e. The number of carbonyl (C=O) groups is 2. The Balaban J connectivity index is 2.35. The molecule has 8 heteroatoms. The van der Waals surface area contributed by atoms with Gasteiger partial charge in [0.2, 0.25) is 0 Å². The molecule has 8 nitrogen and oxygen atoms in total. The first-order chi connectivity index (χ1) is 17.8. The predicted octanol–water partition coefficient (Wildman–Crippen LogP) is 4.25. The topological polar surface area (TPSA) is 106 Å². The molecule has 0 aromatic heterocycles. The van der Waals surface area contributed by atoms with Gasteiger partial charge in [-0.3, -0.25) is 19.7 Å². The van der Waals surface area contributed by atoms with E-state index in [0.29, 0.717) is 11.1 Å². The third-order valence-electron chi connectivity index (χ3n) is 6.61. The SMILES string of the molecule is CC(C)N(C(=O)[C@]1(O)O[C@](C(=N)c2ccccc2)(C(=O)N(C(C)C)C(C)C)N=C1c1ccccc1)C(C)C. The number of nitrogens with zero attached hydrogens (tertiary/aromatic N) is 3. The molecule has 0 saturated carbocycles. The fourth-order valence-corrected chi connectivity index (χ4v) is 5.11. The van der Waals surface area contributed by atoms with E-state index in [2.05, 4.69) is 0 Å². The van der Waals surface area contributed by atoms with Crippen molar-refractivity contribution < 1.29 is 19.4 Å². The fourth-order valence-electron chi connectivity index (χ4n) is 5.11. The summed E-state index contributed by atoms with van der Waals surface area (Å²) >= 11 is 0. The third kappa shape index (κ3) is 5.15. The maximum Gasteiger partial charge on any atom is 0.295 e. The molecule has 1 heterocycles. The van der Waals surface area contributed by atoms with E-state index in [-0.39, 0.29) is 35.6 Å². The summed E-state index contributed by atoms with van der Waals surface area (Å²) in [5.41, 5.74) is -1.83. The lowest BCUT2D eigenvalue weighted by molar-refractivity contribution is -0.210. The molecule has 0 saturated heterocycles. The van der Waals surface area contributed by atoms with Crippen LogP contribution in [0.1, 0.15) is 66.5 Å². The molecule has 38 heavy (non-hydrogen) atoms. The zero-order valence-electron chi connectivity index (χ0n) is 23.6. The molecule has 2 N–H and O–H groups in total. The van der Waals surface area contributed by atoms with Gasteiger partial charge in [0.1, 0.15) is 11.4 Å². The summed E-state index contributed by atoms with van der Waals surface area (Å²) in [5, 5.41) is 21.4. The average Bonchev–Trinajstić information content (AvgIpc) is 3.19. The van der Waals surface area contributed by atoms with E-state index in [9.17, 15) is 20.1 Å². The number of amides is 2. The number of ether oxygens (including phenoxy) is 1. The van der Waals surface area contributed by atoms with E-state index in [1.807, 2.05) is 55.4 Å². The third-order valence-corrected chi connectivity index (χ3v) is 6.61. The monoisotopic (exact) mass is 520 g/mol. The van der Waals surface area contributed by atoms with Gasteiger partial charge < -0.3 is 14.9 Å². The van der Waals surface area contributed by atoms with Gasteiger partial charge in [0.25, 0.3) is 23.3 Å². The molecule has 0 radical (unpaired) electrons. The number of benzene rings is 2. The molecule has 2 amide bonds. The Kier molecular flexibility index (Phi) is 8.58. The first-order valence-corrected chi connectivity index (χ1v) is 13.2. The minimum absolute atomic E-state index is 0.101. The molecule has 1 aliphatic heterocycles. The molecular formula is C30H40N4O4. The van der Waals surface area contributed by atoms with Crippen molar-refractivity contribution in [3.63, 3.8) is 0 Å². The summed E-state index contributed by atoms with van der Waals surface area (Å²) in [4.78, 5) is 36.3. The molecule has 0 spiro atoms. The molecule has 2 atom stereocenters. The zero-order chi connectivity index (χ0) is 28.4. The fraction of sp³-hybridized carbons (Fsp3) is 0.467. The lowest BCUT2D eigenvalue weighted by Crippen LogP contribution is -2.62. The number of hydrogen-bond donors (Lipinski definition) is 2. The van der Waals surface area contributed by atoms with E-state index in [4.69, 9.17) is 9.73 Å². The smallest absolute Gasteiger partial charge is 0.295 e. The molecule has 0 aliphatic carbocycles. The van der Waals surface area contributed by atoms with Crippen LogP contribution in [0.5, 0.6) is 0 Å². The molecule has 2 aromatic carbocycles. The Morgan fingerprint density at radius 2 is 1.18 bits per heavy atom. The van der Waals surface area contributed by atoms with Gasteiger partial charge in [-0.1, -0.05) is 60.7 Å². The van der Waals surface area contributed by atoms with Crippen molar-refractivity contribution in [3.8, 4) is 0 Å². The summed E-state index contributed by atoms with van der Waals surface area (Å²) in [7, 11) is 0. The molecule has 2 aromatic rings. The van der Waals surface area contributed by atoms with Gasteiger partial charge >= 0.3 is 0 Å². The molecular weight excluding hydrogens is 480 g/mol. The van der Waals surface area contributed by atoms with E-state index in [0.717, 1.165) is 0 Å². The lowest BCUT2D eigenvalue weighted by Gasteiger charge is -2.40. The Morgan fingerprint density at radius 3 is 1.63 bits per heavy atom. The zero-order valence-corrected chi connectivity index (χ0v) is 23.6. The summed E-state index contributed by atoms with van der Waals surface area (Å²) in [6.45, 7) is 14.9. The first kappa shape index (κ1) is 29.2. The Morgan fingerprint density at radius 1 is 0.763 bits per heavy atom. The quantitative estimate of drug-likeness (QED) is 0.482. The van der Waals surface area contributed by atoms with Gasteiger partial charge in [0, 0.05) is 35.3 Å². The maximum atomic E-state index is 14.4. The first-order valence-electron chi connectivity index (χ1n) is 13.2. The highest BCUT2D eigenvalue weighted by Crippen LogP contribution is 2.39. The highest BCUT2D eigenvalue weighted by atomic mass is 16.7. The van der Waals surface area contributed by atoms with Crippen LogP contribution in [-0.4, -0.2) is 73.8 Å². The van der Waals surface area contributed by atoms with Crippen LogP contribution in [0.3, 0.4) is 0 Å². The number of carbonyl (C=O) groups excluding carboxylic acids is 2. The molecule has 0 fully saturated rings. The molecule has 204 valence electrons. The van der Waals surface area contributed by atoms with E-state index in [1.165, 1.54) is 4.90 Å². The lowest BCUT2D eigenvalue weighted by atomic mass is 9.97. The molecule has 3 rings (SSSR count). The Hall–Kier alpha value is -3.36. The number of nitrogens with one attached hydrogen (secondary N) is 1. The van der Waals surface area contributed by atoms with Crippen LogP contribution in [0.2, 0.25) is 0 Å².